The van der Waals surface area contributed by atoms with Crippen LogP contribution in [0.25, 0.3) is 0 Å². The maximum absolute atomic E-state index is 12.9. The van der Waals surface area contributed by atoms with Crippen LogP contribution in [-0.2, 0) is 19.7 Å². The van der Waals surface area contributed by atoms with Crippen molar-refractivity contribution < 1.29 is 18.3 Å². The molecule has 3 aromatic rings. The number of aryl methyl sites for hydroxylation is 2. The molecular formula is C19H20FN3O3. The molecule has 7 heteroatoms. The first-order valence-corrected chi connectivity index (χ1v) is 8.33. The minimum atomic E-state index is -0.325. The van der Waals surface area contributed by atoms with Gasteiger partial charge in [0.15, 0.2) is 5.76 Å². The van der Waals surface area contributed by atoms with Crippen molar-refractivity contribution in [3.8, 4) is 5.75 Å². The highest BCUT2D eigenvalue weighted by Gasteiger charge is 2.13. The molecule has 6 nitrogen and oxygen atoms in total. The van der Waals surface area contributed by atoms with Gasteiger partial charge in [0, 0.05) is 24.8 Å². The second kappa shape index (κ2) is 7.86. The van der Waals surface area contributed by atoms with E-state index in [0.717, 1.165) is 17.8 Å². The fraction of sp³-hybridized carbons (Fsp3) is 0.263. The van der Waals surface area contributed by atoms with Crippen LogP contribution in [0.2, 0.25) is 0 Å². The van der Waals surface area contributed by atoms with Crippen molar-refractivity contribution in [1.29, 1.82) is 0 Å². The smallest absolute Gasteiger partial charge is 0.287 e. The Morgan fingerprint density at radius 1 is 1.27 bits per heavy atom. The van der Waals surface area contributed by atoms with Crippen LogP contribution in [0, 0.1) is 12.7 Å². The normalized spacial score (nSPS) is 10.7. The van der Waals surface area contributed by atoms with Gasteiger partial charge in [-0.1, -0.05) is 0 Å². The fourth-order valence-electron chi connectivity index (χ4n) is 2.42. The van der Waals surface area contributed by atoms with Crippen molar-refractivity contribution in [3.05, 3.63) is 71.2 Å². The highest BCUT2D eigenvalue weighted by atomic mass is 19.1. The zero-order chi connectivity index (χ0) is 18.5. The second-order valence-electron chi connectivity index (χ2n) is 5.79. The van der Waals surface area contributed by atoms with Gasteiger partial charge in [0.25, 0.3) is 5.91 Å². The molecule has 0 unspecified atom stereocenters. The molecule has 1 N–H and O–H groups in total. The first-order valence-electron chi connectivity index (χ1n) is 8.33. The molecule has 0 aliphatic heterocycles. The summed E-state index contributed by atoms with van der Waals surface area (Å²) >= 11 is 0. The van der Waals surface area contributed by atoms with E-state index >= 15 is 0 Å². The number of hydrogen-bond acceptors (Lipinski definition) is 4. The molecule has 0 aliphatic rings. The molecule has 136 valence electrons. The van der Waals surface area contributed by atoms with Gasteiger partial charge in [0.05, 0.1) is 5.69 Å². The number of hydrogen-bond donors (Lipinski definition) is 1. The standard InChI is InChI=1S/C19H20FN3O3/c1-3-23-11-14(13(2)22-23)10-21-19(24)18-9-8-17(26-18)12-25-16-6-4-15(20)5-7-16/h4-9,11H,3,10,12H2,1-2H3,(H,21,24). The Hall–Kier alpha value is -3.09. The molecule has 0 atom stereocenters. The molecule has 1 aromatic carbocycles. The quantitative estimate of drug-likeness (QED) is 0.703. The highest BCUT2D eigenvalue weighted by molar-refractivity contribution is 5.91. The van der Waals surface area contributed by atoms with Gasteiger partial charge in [0.1, 0.15) is 23.9 Å². The van der Waals surface area contributed by atoms with Gasteiger partial charge in [-0.15, -0.1) is 0 Å². The van der Waals surface area contributed by atoms with Gasteiger partial charge in [-0.25, -0.2) is 4.39 Å². The van der Waals surface area contributed by atoms with E-state index in [1.165, 1.54) is 24.3 Å². The summed E-state index contributed by atoms with van der Waals surface area (Å²) in [4.78, 5) is 12.2. The molecule has 0 saturated heterocycles. The Kier molecular flexibility index (Phi) is 5.36. The zero-order valence-corrected chi connectivity index (χ0v) is 14.7. The Balaban J connectivity index is 1.53. The fourth-order valence-corrected chi connectivity index (χ4v) is 2.42. The number of nitrogens with one attached hydrogen (secondary N) is 1. The minimum absolute atomic E-state index is 0.154. The third-order valence-corrected chi connectivity index (χ3v) is 3.89. The molecule has 0 fully saturated rings. The van der Waals surface area contributed by atoms with Crippen molar-refractivity contribution in [2.24, 2.45) is 0 Å². The van der Waals surface area contributed by atoms with Crippen LogP contribution in [0.15, 0.2) is 47.0 Å². The molecule has 26 heavy (non-hydrogen) atoms. The van der Waals surface area contributed by atoms with Crippen molar-refractivity contribution in [3.63, 3.8) is 0 Å². The molecule has 2 heterocycles. The Bertz CT molecular complexity index is 884. The number of amides is 1. The van der Waals surface area contributed by atoms with E-state index < -0.39 is 0 Å². The molecule has 0 spiro atoms. The van der Waals surface area contributed by atoms with Gasteiger partial charge in [-0.2, -0.15) is 5.10 Å². The second-order valence-corrected chi connectivity index (χ2v) is 5.79. The lowest BCUT2D eigenvalue weighted by molar-refractivity contribution is 0.0919. The molecular weight excluding hydrogens is 337 g/mol. The lowest BCUT2D eigenvalue weighted by Crippen LogP contribution is -2.22. The summed E-state index contributed by atoms with van der Waals surface area (Å²) in [5.41, 5.74) is 1.85. The number of halogens is 1. The lowest BCUT2D eigenvalue weighted by Gasteiger charge is -2.04. The lowest BCUT2D eigenvalue weighted by atomic mass is 10.2. The summed E-state index contributed by atoms with van der Waals surface area (Å²) in [6, 6.07) is 8.98. The predicted molar refractivity (Wildman–Crippen MR) is 93.2 cm³/mol. The van der Waals surface area contributed by atoms with Crippen molar-refractivity contribution in [1.82, 2.24) is 15.1 Å². The Morgan fingerprint density at radius 2 is 2.04 bits per heavy atom. The van der Waals surface area contributed by atoms with Crippen molar-refractivity contribution in [2.45, 2.75) is 33.5 Å². The van der Waals surface area contributed by atoms with Crippen molar-refractivity contribution in [2.75, 3.05) is 0 Å². The molecule has 0 bridgehead atoms. The summed E-state index contributed by atoms with van der Waals surface area (Å²) < 4.78 is 25.7. The third kappa shape index (κ3) is 4.30. The number of aromatic nitrogens is 2. The number of carbonyl (C=O) groups is 1. The number of furan rings is 1. The average molecular weight is 357 g/mol. The SMILES string of the molecule is CCn1cc(CNC(=O)c2ccc(COc3ccc(F)cc3)o2)c(C)n1. The van der Waals surface area contributed by atoms with Crippen LogP contribution >= 0.6 is 0 Å². The van der Waals surface area contributed by atoms with Crippen LogP contribution in [0.5, 0.6) is 5.75 Å². The molecule has 0 aliphatic carbocycles. The van der Waals surface area contributed by atoms with Crippen LogP contribution < -0.4 is 10.1 Å². The summed E-state index contributed by atoms with van der Waals surface area (Å²) in [7, 11) is 0. The largest absolute Gasteiger partial charge is 0.486 e. The first kappa shape index (κ1) is 17.7. The van der Waals surface area contributed by atoms with Gasteiger partial charge in [-0.05, 0) is 50.2 Å². The van der Waals surface area contributed by atoms with Crippen LogP contribution in [0.1, 0.15) is 34.5 Å². The molecule has 0 saturated carbocycles. The summed E-state index contributed by atoms with van der Waals surface area (Å²) in [5.74, 6) is 0.616. The van der Waals surface area contributed by atoms with Crippen molar-refractivity contribution >= 4 is 5.91 Å². The monoisotopic (exact) mass is 357 g/mol. The topological polar surface area (TPSA) is 69.3 Å². The first-order chi connectivity index (χ1) is 12.5. The van der Waals surface area contributed by atoms with E-state index in [9.17, 15) is 9.18 Å². The van der Waals surface area contributed by atoms with Gasteiger partial charge in [0.2, 0.25) is 0 Å². The van der Waals surface area contributed by atoms with Crippen LogP contribution in [0.3, 0.4) is 0 Å². The number of benzene rings is 1. The summed E-state index contributed by atoms with van der Waals surface area (Å²) in [6.45, 7) is 5.23. The molecule has 1 amide bonds. The Labute approximate surface area is 150 Å². The van der Waals surface area contributed by atoms with E-state index in [1.807, 2.05) is 24.7 Å². The zero-order valence-electron chi connectivity index (χ0n) is 14.7. The van der Waals surface area contributed by atoms with Crippen LogP contribution in [0.4, 0.5) is 4.39 Å². The number of ether oxygens (including phenoxy) is 1. The van der Waals surface area contributed by atoms with Crippen LogP contribution in [-0.4, -0.2) is 15.7 Å². The number of rotatable bonds is 7. The number of nitrogens with zero attached hydrogens (tertiary/aromatic N) is 2. The van der Waals surface area contributed by atoms with E-state index in [-0.39, 0.29) is 24.1 Å². The predicted octanol–water partition coefficient (Wildman–Crippen LogP) is 3.45. The van der Waals surface area contributed by atoms with E-state index in [1.54, 1.807) is 12.1 Å². The average Bonchev–Trinajstić information content (AvgIpc) is 3.26. The Morgan fingerprint density at radius 3 is 2.73 bits per heavy atom. The van der Waals surface area contributed by atoms with Gasteiger partial charge < -0.3 is 14.5 Å². The van der Waals surface area contributed by atoms with E-state index in [0.29, 0.717) is 18.1 Å². The summed E-state index contributed by atoms with van der Waals surface area (Å²) in [6.07, 6.45) is 1.92. The third-order valence-electron chi connectivity index (χ3n) is 3.89. The van der Waals surface area contributed by atoms with Gasteiger partial charge >= 0.3 is 0 Å². The van der Waals surface area contributed by atoms with Gasteiger partial charge in [-0.3, -0.25) is 9.48 Å². The summed E-state index contributed by atoms with van der Waals surface area (Å²) in [5, 5.41) is 7.16. The maximum atomic E-state index is 12.9. The minimum Gasteiger partial charge on any atom is -0.486 e. The molecule has 2 aromatic heterocycles. The molecule has 3 rings (SSSR count). The molecule has 0 radical (unpaired) electrons. The number of carbonyl (C=O) groups excluding carboxylic acids is 1. The maximum Gasteiger partial charge on any atom is 0.287 e. The van der Waals surface area contributed by atoms with E-state index in [4.69, 9.17) is 9.15 Å². The van der Waals surface area contributed by atoms with E-state index in [2.05, 4.69) is 10.4 Å². The highest BCUT2D eigenvalue weighted by Crippen LogP contribution is 2.15.